The second-order valence-corrected chi connectivity index (χ2v) is 5.72. The summed E-state index contributed by atoms with van der Waals surface area (Å²) < 4.78 is 34.4. The van der Waals surface area contributed by atoms with E-state index >= 15 is 0 Å². The van der Waals surface area contributed by atoms with Gasteiger partial charge in [-0.25, -0.2) is 9.18 Å². The number of anilines is 2. The maximum atomic E-state index is 14.5. The van der Waals surface area contributed by atoms with E-state index in [2.05, 4.69) is 20.0 Å². The van der Waals surface area contributed by atoms with Gasteiger partial charge in [-0.3, -0.25) is 0 Å². The summed E-state index contributed by atoms with van der Waals surface area (Å²) in [4.78, 5) is 19.9. The Morgan fingerprint density at radius 3 is 2.54 bits per heavy atom. The van der Waals surface area contributed by atoms with Crippen molar-refractivity contribution in [1.82, 2.24) is 9.97 Å². The summed E-state index contributed by atoms with van der Waals surface area (Å²) in [6.45, 7) is 1.61. The molecule has 0 spiro atoms. The third kappa shape index (κ3) is 3.88. The van der Waals surface area contributed by atoms with Crippen molar-refractivity contribution in [2.75, 3.05) is 26.6 Å². The summed E-state index contributed by atoms with van der Waals surface area (Å²) in [6.07, 6.45) is -0.903. The van der Waals surface area contributed by atoms with Crippen molar-refractivity contribution in [3.63, 3.8) is 0 Å². The number of nitrogens with one attached hydrogen (secondary N) is 1. The molecule has 3 aromatic rings. The number of aromatic nitrogens is 2. The number of carbonyl (C=O) groups excluding carboxylic acids is 1. The largest absolute Gasteiger partial charge is 0.513 e. The monoisotopic (exact) mass is 387 g/mol. The van der Waals surface area contributed by atoms with E-state index in [0.717, 1.165) is 0 Å². The molecule has 146 valence electrons. The van der Waals surface area contributed by atoms with Crippen molar-refractivity contribution in [1.29, 1.82) is 0 Å². The van der Waals surface area contributed by atoms with E-state index in [1.165, 1.54) is 33.5 Å². The molecule has 1 N–H and O–H groups in total. The van der Waals surface area contributed by atoms with Gasteiger partial charge < -0.3 is 24.3 Å². The average molecular weight is 387 g/mol. The molecule has 3 rings (SSSR count). The quantitative estimate of drug-likeness (QED) is 0.519. The number of rotatable bonds is 5. The maximum absolute atomic E-state index is 14.5. The molecule has 0 radical (unpaired) electrons. The fourth-order valence-electron chi connectivity index (χ4n) is 2.52. The SMILES string of the molecule is COC(=O)Oc1cc(Nc2nc(OC)nc3ccc(OC)cc23)c(F)cc1C. The Morgan fingerprint density at radius 2 is 1.86 bits per heavy atom. The average Bonchev–Trinajstić information content (AvgIpc) is 2.70. The van der Waals surface area contributed by atoms with E-state index in [0.29, 0.717) is 28.0 Å². The highest BCUT2D eigenvalue weighted by atomic mass is 19.1. The van der Waals surface area contributed by atoms with E-state index in [1.54, 1.807) is 25.1 Å². The number of carbonyl (C=O) groups is 1. The first kappa shape index (κ1) is 19.2. The zero-order chi connectivity index (χ0) is 20.3. The molecule has 0 bridgehead atoms. The number of aryl methyl sites for hydroxylation is 1. The molecule has 2 aromatic carbocycles. The summed E-state index contributed by atoms with van der Waals surface area (Å²) >= 11 is 0. The van der Waals surface area contributed by atoms with Crippen LogP contribution in [0.1, 0.15) is 5.56 Å². The second-order valence-electron chi connectivity index (χ2n) is 5.72. The number of ether oxygens (including phenoxy) is 4. The van der Waals surface area contributed by atoms with Crippen LogP contribution in [0.3, 0.4) is 0 Å². The molecule has 1 aromatic heterocycles. The summed E-state index contributed by atoms with van der Waals surface area (Å²) in [7, 11) is 4.16. The molecule has 8 nitrogen and oxygen atoms in total. The summed E-state index contributed by atoms with van der Waals surface area (Å²) in [5.74, 6) is 0.484. The molecule has 0 atom stereocenters. The molecule has 0 fully saturated rings. The summed E-state index contributed by atoms with van der Waals surface area (Å²) in [5.41, 5.74) is 1.06. The van der Waals surface area contributed by atoms with Crippen molar-refractivity contribution in [2.24, 2.45) is 0 Å². The van der Waals surface area contributed by atoms with Crippen molar-refractivity contribution < 1.29 is 28.1 Å². The molecule has 0 aliphatic carbocycles. The maximum Gasteiger partial charge on any atom is 0.513 e. The Hall–Kier alpha value is -3.62. The second kappa shape index (κ2) is 7.95. The van der Waals surface area contributed by atoms with E-state index < -0.39 is 12.0 Å². The minimum Gasteiger partial charge on any atom is -0.497 e. The molecule has 1 heterocycles. The van der Waals surface area contributed by atoms with Gasteiger partial charge in [0.15, 0.2) is 0 Å². The molecule has 0 saturated heterocycles. The number of hydrogen-bond donors (Lipinski definition) is 1. The summed E-state index contributed by atoms with van der Waals surface area (Å²) in [6, 6.07) is 7.89. The third-order valence-electron chi connectivity index (χ3n) is 3.94. The Kier molecular flexibility index (Phi) is 5.44. The molecular weight excluding hydrogens is 369 g/mol. The van der Waals surface area contributed by atoms with Gasteiger partial charge in [0.05, 0.1) is 32.5 Å². The van der Waals surface area contributed by atoms with Crippen molar-refractivity contribution >= 4 is 28.6 Å². The predicted molar refractivity (Wildman–Crippen MR) is 100 cm³/mol. The highest BCUT2D eigenvalue weighted by molar-refractivity contribution is 5.92. The van der Waals surface area contributed by atoms with Crippen LogP contribution < -0.4 is 19.5 Å². The van der Waals surface area contributed by atoms with Gasteiger partial charge in [0.1, 0.15) is 23.1 Å². The van der Waals surface area contributed by atoms with Crippen LogP contribution in [0.2, 0.25) is 0 Å². The first-order valence-corrected chi connectivity index (χ1v) is 8.18. The lowest BCUT2D eigenvalue weighted by atomic mass is 10.1. The molecule has 0 aliphatic heterocycles. The van der Waals surface area contributed by atoms with Crippen molar-refractivity contribution in [3.8, 4) is 17.5 Å². The lowest BCUT2D eigenvalue weighted by Crippen LogP contribution is -2.09. The molecule has 0 amide bonds. The number of fused-ring (bicyclic) bond motifs is 1. The van der Waals surface area contributed by atoms with Gasteiger partial charge in [0.25, 0.3) is 0 Å². The number of nitrogens with zero attached hydrogens (tertiary/aromatic N) is 2. The molecular formula is C19H18FN3O5. The van der Waals surface area contributed by atoms with Crippen LogP contribution >= 0.6 is 0 Å². The molecule has 0 saturated carbocycles. The van der Waals surface area contributed by atoms with Crippen LogP contribution in [0.5, 0.6) is 17.5 Å². The molecule has 9 heteroatoms. The standard InChI is InChI=1S/C19H18FN3O5/c1-10-7-13(20)15(9-16(10)28-19(24)27-4)21-17-12-8-11(25-2)5-6-14(12)22-18(23-17)26-3/h5-9H,1-4H3,(H,21,22,23). The Bertz CT molecular complexity index is 1040. The van der Waals surface area contributed by atoms with Gasteiger partial charge in [-0.1, -0.05) is 0 Å². The lowest BCUT2D eigenvalue weighted by molar-refractivity contribution is 0.121. The number of hydrogen-bond acceptors (Lipinski definition) is 8. The van der Waals surface area contributed by atoms with Crippen LogP contribution in [-0.2, 0) is 4.74 Å². The number of methoxy groups -OCH3 is 3. The fourth-order valence-corrected chi connectivity index (χ4v) is 2.52. The number of halogens is 1. The van der Waals surface area contributed by atoms with Gasteiger partial charge in [-0.15, -0.1) is 0 Å². The fraction of sp³-hybridized carbons (Fsp3) is 0.211. The van der Waals surface area contributed by atoms with E-state index in [9.17, 15) is 9.18 Å². The van der Waals surface area contributed by atoms with Gasteiger partial charge in [0.2, 0.25) is 0 Å². The minimum atomic E-state index is -0.903. The predicted octanol–water partition coefficient (Wildman–Crippen LogP) is 3.98. The summed E-state index contributed by atoms with van der Waals surface area (Å²) in [5, 5.41) is 3.50. The third-order valence-corrected chi connectivity index (χ3v) is 3.94. The van der Waals surface area contributed by atoms with Crippen molar-refractivity contribution in [3.05, 3.63) is 41.7 Å². The van der Waals surface area contributed by atoms with Gasteiger partial charge >= 0.3 is 12.2 Å². The Balaban J connectivity index is 2.08. The van der Waals surface area contributed by atoms with Crippen LogP contribution in [0.25, 0.3) is 10.9 Å². The Morgan fingerprint density at radius 1 is 1.07 bits per heavy atom. The first-order chi connectivity index (χ1) is 13.4. The molecule has 0 aliphatic rings. The van der Waals surface area contributed by atoms with Crippen LogP contribution in [0, 0.1) is 12.7 Å². The van der Waals surface area contributed by atoms with E-state index in [4.69, 9.17) is 14.2 Å². The van der Waals surface area contributed by atoms with Crippen molar-refractivity contribution in [2.45, 2.75) is 6.92 Å². The van der Waals surface area contributed by atoms with E-state index in [1.807, 2.05) is 0 Å². The van der Waals surface area contributed by atoms with Gasteiger partial charge in [0, 0.05) is 11.5 Å². The normalized spacial score (nSPS) is 10.5. The van der Waals surface area contributed by atoms with Crippen LogP contribution in [-0.4, -0.2) is 37.5 Å². The highest BCUT2D eigenvalue weighted by Gasteiger charge is 2.15. The minimum absolute atomic E-state index is 0.0503. The Labute approximate surface area is 160 Å². The highest BCUT2D eigenvalue weighted by Crippen LogP contribution is 2.32. The van der Waals surface area contributed by atoms with E-state index in [-0.39, 0.29) is 17.4 Å². The molecule has 28 heavy (non-hydrogen) atoms. The van der Waals surface area contributed by atoms with Gasteiger partial charge in [-0.2, -0.15) is 9.97 Å². The van der Waals surface area contributed by atoms with Crippen LogP contribution in [0.4, 0.5) is 20.7 Å². The zero-order valence-electron chi connectivity index (χ0n) is 15.7. The topological polar surface area (TPSA) is 91.8 Å². The lowest BCUT2D eigenvalue weighted by Gasteiger charge is -2.14. The number of benzene rings is 2. The zero-order valence-corrected chi connectivity index (χ0v) is 15.7. The molecule has 0 unspecified atom stereocenters. The van der Waals surface area contributed by atoms with Gasteiger partial charge in [-0.05, 0) is 36.8 Å². The first-order valence-electron chi connectivity index (χ1n) is 8.18. The van der Waals surface area contributed by atoms with Crippen LogP contribution in [0.15, 0.2) is 30.3 Å². The smallest absolute Gasteiger partial charge is 0.497 e.